The van der Waals surface area contributed by atoms with E-state index in [0.29, 0.717) is 27.8 Å². The molecule has 5 nitrogen and oxygen atoms in total. The van der Waals surface area contributed by atoms with Gasteiger partial charge in [-0.3, -0.25) is 0 Å². The van der Waals surface area contributed by atoms with Gasteiger partial charge in [0, 0.05) is 16.0 Å². The van der Waals surface area contributed by atoms with Crippen LogP contribution in [0.15, 0.2) is 47.8 Å². The summed E-state index contributed by atoms with van der Waals surface area (Å²) in [5, 5.41) is 3.24. The Labute approximate surface area is 160 Å². The lowest BCUT2D eigenvalue weighted by molar-refractivity contribution is 0.0468. The smallest absolute Gasteiger partial charge is 0.338 e. The fourth-order valence-electron chi connectivity index (χ4n) is 2.28. The number of hydrogen-bond donors (Lipinski definition) is 0. The first kappa shape index (κ1) is 18.2. The maximum absolute atomic E-state index is 12.0. The van der Waals surface area contributed by atoms with Crippen LogP contribution in [-0.2, 0) is 11.3 Å². The van der Waals surface area contributed by atoms with Crippen molar-refractivity contribution in [3.63, 3.8) is 0 Å². The number of methoxy groups -OCH3 is 2. The second-order valence-electron chi connectivity index (χ2n) is 5.30. The predicted octanol–water partition coefficient (Wildman–Crippen LogP) is 4.84. The van der Waals surface area contributed by atoms with Gasteiger partial charge >= 0.3 is 5.97 Å². The average molecular weight is 390 g/mol. The number of nitrogens with zero attached hydrogens (tertiary/aromatic N) is 1. The van der Waals surface area contributed by atoms with Crippen molar-refractivity contribution in [3.05, 3.63) is 64.1 Å². The lowest BCUT2D eigenvalue weighted by atomic mass is 10.2. The molecule has 134 valence electrons. The Bertz CT molecular complexity index is 908. The zero-order chi connectivity index (χ0) is 18.5. The van der Waals surface area contributed by atoms with Crippen LogP contribution < -0.4 is 9.47 Å². The third kappa shape index (κ3) is 4.15. The first-order chi connectivity index (χ1) is 12.6. The topological polar surface area (TPSA) is 57.7 Å². The van der Waals surface area contributed by atoms with Crippen LogP contribution in [0, 0.1) is 0 Å². The molecule has 7 heteroatoms. The van der Waals surface area contributed by atoms with E-state index in [9.17, 15) is 4.79 Å². The van der Waals surface area contributed by atoms with Crippen LogP contribution in [0.25, 0.3) is 10.6 Å². The highest BCUT2D eigenvalue weighted by molar-refractivity contribution is 7.13. The molecule has 0 aliphatic heterocycles. The maximum Gasteiger partial charge on any atom is 0.338 e. The van der Waals surface area contributed by atoms with Crippen LogP contribution in [0.1, 0.15) is 16.1 Å². The first-order valence-electron chi connectivity index (χ1n) is 7.70. The van der Waals surface area contributed by atoms with E-state index in [1.807, 2.05) is 23.6 Å². The zero-order valence-electron chi connectivity index (χ0n) is 14.2. The maximum atomic E-state index is 12.0. The number of halogens is 1. The molecule has 3 aromatic rings. The quantitative estimate of drug-likeness (QED) is 0.565. The molecule has 0 saturated heterocycles. The minimum atomic E-state index is -0.415. The molecule has 3 rings (SSSR count). The molecule has 0 atom stereocenters. The van der Waals surface area contributed by atoms with Gasteiger partial charge in [-0.15, -0.1) is 11.3 Å². The average Bonchev–Trinajstić information content (AvgIpc) is 3.15. The fraction of sp³-hybridized carbons (Fsp3) is 0.158. The Morgan fingerprint density at radius 3 is 2.50 bits per heavy atom. The van der Waals surface area contributed by atoms with E-state index in [2.05, 4.69) is 4.98 Å². The van der Waals surface area contributed by atoms with Crippen LogP contribution in [0.2, 0.25) is 5.02 Å². The van der Waals surface area contributed by atoms with Crippen molar-refractivity contribution in [1.82, 2.24) is 4.98 Å². The molecule has 26 heavy (non-hydrogen) atoms. The lowest BCUT2D eigenvalue weighted by Gasteiger charge is -2.08. The summed E-state index contributed by atoms with van der Waals surface area (Å²) in [7, 11) is 3.18. The number of aromatic nitrogens is 1. The SMILES string of the molecule is COc1ccc(-c2nc(COC(=O)c3ccc(Cl)cc3)cs2)cc1OC. The van der Waals surface area contributed by atoms with E-state index >= 15 is 0 Å². The van der Waals surface area contributed by atoms with Gasteiger partial charge in [-0.1, -0.05) is 11.6 Å². The summed E-state index contributed by atoms with van der Waals surface area (Å²) in [5.74, 6) is 0.878. The van der Waals surface area contributed by atoms with E-state index in [0.717, 1.165) is 10.6 Å². The molecule has 0 spiro atoms. The van der Waals surface area contributed by atoms with Gasteiger partial charge in [0.1, 0.15) is 11.6 Å². The summed E-state index contributed by atoms with van der Waals surface area (Å²) in [6, 6.07) is 12.1. The fourth-order valence-corrected chi connectivity index (χ4v) is 3.21. The van der Waals surface area contributed by atoms with Crippen molar-refractivity contribution >= 4 is 28.9 Å². The van der Waals surface area contributed by atoms with Crippen LogP contribution >= 0.6 is 22.9 Å². The van der Waals surface area contributed by atoms with Gasteiger partial charge in [0.15, 0.2) is 11.5 Å². The van der Waals surface area contributed by atoms with Crippen molar-refractivity contribution in [1.29, 1.82) is 0 Å². The van der Waals surface area contributed by atoms with Gasteiger partial charge in [0.2, 0.25) is 0 Å². The highest BCUT2D eigenvalue weighted by atomic mass is 35.5. The summed E-state index contributed by atoms with van der Waals surface area (Å²) in [6.45, 7) is 0.102. The highest BCUT2D eigenvalue weighted by Gasteiger charge is 2.12. The van der Waals surface area contributed by atoms with Crippen LogP contribution in [-0.4, -0.2) is 25.2 Å². The van der Waals surface area contributed by atoms with Crippen LogP contribution in [0.3, 0.4) is 0 Å². The Balaban J connectivity index is 1.68. The van der Waals surface area contributed by atoms with Gasteiger partial charge in [-0.05, 0) is 42.5 Å². The number of carbonyl (C=O) groups excluding carboxylic acids is 1. The molecule has 2 aromatic carbocycles. The number of benzene rings is 2. The normalized spacial score (nSPS) is 10.4. The van der Waals surface area contributed by atoms with E-state index in [-0.39, 0.29) is 6.61 Å². The molecule has 0 aliphatic carbocycles. The Morgan fingerprint density at radius 2 is 1.81 bits per heavy atom. The van der Waals surface area contributed by atoms with Crippen molar-refractivity contribution < 1.29 is 19.0 Å². The Kier molecular flexibility index (Phi) is 5.75. The minimum absolute atomic E-state index is 0.102. The Morgan fingerprint density at radius 1 is 1.08 bits per heavy atom. The number of esters is 1. The minimum Gasteiger partial charge on any atom is -0.493 e. The molecule has 0 amide bonds. The third-order valence-corrected chi connectivity index (χ3v) is 4.81. The standard InChI is InChI=1S/C19H16ClNO4S/c1-23-16-8-5-13(9-17(16)24-2)18-21-15(11-26-18)10-25-19(22)12-3-6-14(20)7-4-12/h3-9,11H,10H2,1-2H3. The predicted molar refractivity (Wildman–Crippen MR) is 101 cm³/mol. The van der Waals surface area contributed by atoms with Crippen molar-refractivity contribution in [2.24, 2.45) is 0 Å². The lowest BCUT2D eigenvalue weighted by Crippen LogP contribution is -2.05. The molecule has 0 bridgehead atoms. The highest BCUT2D eigenvalue weighted by Crippen LogP contribution is 2.33. The summed E-state index contributed by atoms with van der Waals surface area (Å²) in [6.07, 6.45) is 0. The molecule has 0 fully saturated rings. The van der Waals surface area contributed by atoms with Crippen molar-refractivity contribution in [2.45, 2.75) is 6.61 Å². The molecule has 0 radical (unpaired) electrons. The van der Waals surface area contributed by atoms with Gasteiger partial charge in [-0.25, -0.2) is 9.78 Å². The number of ether oxygens (including phenoxy) is 3. The monoisotopic (exact) mass is 389 g/mol. The van der Waals surface area contributed by atoms with Gasteiger partial charge in [0.05, 0.1) is 25.5 Å². The number of carbonyl (C=O) groups is 1. The molecular formula is C19H16ClNO4S. The van der Waals surface area contributed by atoms with E-state index in [1.54, 1.807) is 38.5 Å². The van der Waals surface area contributed by atoms with E-state index in [4.69, 9.17) is 25.8 Å². The number of hydrogen-bond acceptors (Lipinski definition) is 6. The summed E-state index contributed by atoms with van der Waals surface area (Å²) < 4.78 is 15.9. The van der Waals surface area contributed by atoms with E-state index < -0.39 is 5.97 Å². The molecule has 0 unspecified atom stereocenters. The molecule has 0 saturated carbocycles. The number of thiazole rings is 1. The zero-order valence-corrected chi connectivity index (χ0v) is 15.8. The second kappa shape index (κ2) is 8.21. The van der Waals surface area contributed by atoms with Gasteiger partial charge in [0.25, 0.3) is 0 Å². The third-order valence-electron chi connectivity index (χ3n) is 3.61. The van der Waals surface area contributed by atoms with Crippen molar-refractivity contribution in [2.75, 3.05) is 14.2 Å². The van der Waals surface area contributed by atoms with E-state index in [1.165, 1.54) is 11.3 Å². The first-order valence-corrected chi connectivity index (χ1v) is 8.96. The van der Waals surface area contributed by atoms with Crippen molar-refractivity contribution in [3.8, 4) is 22.1 Å². The van der Waals surface area contributed by atoms with Crippen LogP contribution in [0.4, 0.5) is 0 Å². The molecular weight excluding hydrogens is 374 g/mol. The summed E-state index contributed by atoms with van der Waals surface area (Å²) >= 11 is 7.28. The molecule has 0 aliphatic rings. The molecule has 0 N–H and O–H groups in total. The number of rotatable bonds is 6. The van der Waals surface area contributed by atoms with Gasteiger partial charge in [-0.2, -0.15) is 0 Å². The Hall–Kier alpha value is -2.57. The molecule has 1 aromatic heterocycles. The largest absolute Gasteiger partial charge is 0.493 e. The summed E-state index contributed by atoms with van der Waals surface area (Å²) in [5.41, 5.74) is 2.04. The summed E-state index contributed by atoms with van der Waals surface area (Å²) in [4.78, 5) is 16.6. The second-order valence-corrected chi connectivity index (χ2v) is 6.59. The molecule has 1 heterocycles. The van der Waals surface area contributed by atoms with Crippen LogP contribution in [0.5, 0.6) is 11.5 Å². The van der Waals surface area contributed by atoms with Gasteiger partial charge < -0.3 is 14.2 Å².